The van der Waals surface area contributed by atoms with Crippen LogP contribution in [0, 0.1) is 5.92 Å². The highest BCUT2D eigenvalue weighted by Crippen LogP contribution is 2.30. The van der Waals surface area contributed by atoms with Gasteiger partial charge in [-0.05, 0) is 25.8 Å². The number of hydrogen-bond donors (Lipinski definition) is 3. The second-order valence-corrected chi connectivity index (χ2v) is 5.88. The number of amides is 1. The number of carbonyl (C=O) groups excluding carboxylic acids is 1. The molecule has 1 aliphatic rings. The van der Waals surface area contributed by atoms with Crippen LogP contribution in [0.1, 0.15) is 52.4 Å². The van der Waals surface area contributed by atoms with Crippen LogP contribution in [0.4, 0.5) is 0 Å². The smallest absolute Gasteiger partial charge is 0.221 e. The van der Waals surface area contributed by atoms with Crippen molar-refractivity contribution in [2.75, 3.05) is 13.6 Å². The molecule has 0 aromatic rings. The maximum atomic E-state index is 11.9. The number of aliphatic hydroxyl groups excluding tert-OH is 1. The molecule has 4 heteroatoms. The zero-order valence-electron chi connectivity index (χ0n) is 12.0. The molecular formula is C14H28N2O2. The van der Waals surface area contributed by atoms with Gasteiger partial charge >= 0.3 is 0 Å². The van der Waals surface area contributed by atoms with Crippen LogP contribution in [0.5, 0.6) is 0 Å². The van der Waals surface area contributed by atoms with Crippen LogP contribution >= 0.6 is 0 Å². The van der Waals surface area contributed by atoms with Crippen molar-refractivity contribution in [1.29, 1.82) is 0 Å². The molecule has 0 aromatic heterocycles. The highest BCUT2D eigenvalue weighted by molar-refractivity contribution is 5.77. The second kappa shape index (κ2) is 7.10. The zero-order valence-corrected chi connectivity index (χ0v) is 12.0. The van der Waals surface area contributed by atoms with Crippen molar-refractivity contribution in [3.63, 3.8) is 0 Å². The average Bonchev–Trinajstić information content (AvgIpc) is 2.36. The Kier molecular flexibility index (Phi) is 6.09. The Balaban J connectivity index is 2.38. The number of carbonyl (C=O) groups is 1. The first-order valence-electron chi connectivity index (χ1n) is 7.13. The maximum Gasteiger partial charge on any atom is 0.221 e. The summed E-state index contributed by atoms with van der Waals surface area (Å²) in [5.74, 6) is 0.226. The van der Waals surface area contributed by atoms with Gasteiger partial charge < -0.3 is 15.7 Å². The molecule has 0 spiro atoms. The third-order valence-electron chi connectivity index (χ3n) is 4.12. The SMILES string of the molecule is CNC1(CC(=O)NCC(O)C(C)C)CCCCC1. The summed E-state index contributed by atoms with van der Waals surface area (Å²) >= 11 is 0. The van der Waals surface area contributed by atoms with Gasteiger partial charge in [0.1, 0.15) is 0 Å². The number of rotatable bonds is 6. The van der Waals surface area contributed by atoms with E-state index in [-0.39, 0.29) is 17.4 Å². The molecule has 1 aliphatic carbocycles. The Morgan fingerprint density at radius 3 is 2.39 bits per heavy atom. The van der Waals surface area contributed by atoms with E-state index in [1.807, 2.05) is 20.9 Å². The fourth-order valence-electron chi connectivity index (χ4n) is 2.57. The summed E-state index contributed by atoms with van der Waals surface area (Å²) in [6, 6.07) is 0. The highest BCUT2D eigenvalue weighted by Gasteiger charge is 2.32. The molecule has 0 aliphatic heterocycles. The molecule has 0 saturated heterocycles. The minimum Gasteiger partial charge on any atom is -0.391 e. The van der Waals surface area contributed by atoms with E-state index in [1.165, 1.54) is 19.3 Å². The monoisotopic (exact) mass is 256 g/mol. The molecule has 1 atom stereocenters. The lowest BCUT2D eigenvalue weighted by atomic mass is 9.79. The van der Waals surface area contributed by atoms with Crippen molar-refractivity contribution in [1.82, 2.24) is 10.6 Å². The Labute approximate surface area is 111 Å². The van der Waals surface area contributed by atoms with Gasteiger partial charge in [-0.2, -0.15) is 0 Å². The van der Waals surface area contributed by atoms with Crippen molar-refractivity contribution in [3.05, 3.63) is 0 Å². The van der Waals surface area contributed by atoms with Crippen LogP contribution in [-0.2, 0) is 4.79 Å². The lowest BCUT2D eigenvalue weighted by Crippen LogP contribution is -2.49. The van der Waals surface area contributed by atoms with E-state index in [1.54, 1.807) is 0 Å². The number of nitrogens with one attached hydrogen (secondary N) is 2. The van der Waals surface area contributed by atoms with E-state index in [0.717, 1.165) is 12.8 Å². The molecule has 1 saturated carbocycles. The first kappa shape index (κ1) is 15.4. The average molecular weight is 256 g/mol. The van der Waals surface area contributed by atoms with E-state index >= 15 is 0 Å². The van der Waals surface area contributed by atoms with Crippen LogP contribution < -0.4 is 10.6 Å². The molecule has 1 amide bonds. The number of hydrogen-bond acceptors (Lipinski definition) is 3. The molecule has 1 unspecified atom stereocenters. The Bertz CT molecular complexity index is 261. The van der Waals surface area contributed by atoms with Crippen LogP contribution in [0.25, 0.3) is 0 Å². The lowest BCUT2D eigenvalue weighted by Gasteiger charge is -2.36. The molecule has 3 N–H and O–H groups in total. The van der Waals surface area contributed by atoms with Crippen molar-refractivity contribution in [3.8, 4) is 0 Å². The molecule has 106 valence electrons. The van der Waals surface area contributed by atoms with Gasteiger partial charge in [-0.25, -0.2) is 0 Å². The maximum absolute atomic E-state index is 11.9. The largest absolute Gasteiger partial charge is 0.391 e. The van der Waals surface area contributed by atoms with E-state index in [4.69, 9.17) is 0 Å². The first-order chi connectivity index (χ1) is 8.49. The minimum atomic E-state index is -0.453. The Morgan fingerprint density at radius 1 is 1.28 bits per heavy atom. The zero-order chi connectivity index (χ0) is 13.6. The third-order valence-corrected chi connectivity index (χ3v) is 4.12. The first-order valence-corrected chi connectivity index (χ1v) is 7.13. The predicted molar refractivity (Wildman–Crippen MR) is 73.3 cm³/mol. The fourth-order valence-corrected chi connectivity index (χ4v) is 2.57. The third kappa shape index (κ3) is 4.58. The molecule has 1 rings (SSSR count). The van der Waals surface area contributed by atoms with Crippen molar-refractivity contribution < 1.29 is 9.90 Å². The summed E-state index contributed by atoms with van der Waals surface area (Å²) in [7, 11) is 1.95. The van der Waals surface area contributed by atoms with Crippen molar-refractivity contribution in [2.24, 2.45) is 5.92 Å². The van der Waals surface area contributed by atoms with Gasteiger partial charge in [0, 0.05) is 18.5 Å². The standard InChI is InChI=1S/C14H28N2O2/c1-11(2)12(17)10-16-13(18)9-14(15-3)7-5-4-6-8-14/h11-12,15,17H,4-10H2,1-3H3,(H,16,18). The summed E-state index contributed by atoms with van der Waals surface area (Å²) in [6.07, 6.45) is 5.88. The summed E-state index contributed by atoms with van der Waals surface area (Å²) in [4.78, 5) is 11.9. The quantitative estimate of drug-likeness (QED) is 0.674. The van der Waals surface area contributed by atoms with E-state index < -0.39 is 6.10 Å². The Morgan fingerprint density at radius 2 is 1.89 bits per heavy atom. The van der Waals surface area contributed by atoms with Crippen LogP contribution in [0.3, 0.4) is 0 Å². The molecule has 1 fully saturated rings. The molecule has 18 heavy (non-hydrogen) atoms. The van der Waals surface area contributed by atoms with Crippen LogP contribution in [-0.4, -0.2) is 36.2 Å². The van der Waals surface area contributed by atoms with Gasteiger partial charge in [0.25, 0.3) is 0 Å². The fraction of sp³-hybridized carbons (Fsp3) is 0.929. The highest BCUT2D eigenvalue weighted by atomic mass is 16.3. The predicted octanol–water partition coefficient (Wildman–Crippen LogP) is 1.43. The second-order valence-electron chi connectivity index (χ2n) is 5.88. The van der Waals surface area contributed by atoms with E-state index in [2.05, 4.69) is 10.6 Å². The van der Waals surface area contributed by atoms with Gasteiger partial charge in [-0.3, -0.25) is 4.79 Å². The lowest BCUT2D eigenvalue weighted by molar-refractivity contribution is -0.123. The summed E-state index contributed by atoms with van der Waals surface area (Å²) in [5, 5.41) is 15.8. The normalized spacial score (nSPS) is 20.7. The van der Waals surface area contributed by atoms with E-state index in [9.17, 15) is 9.90 Å². The molecule has 0 bridgehead atoms. The van der Waals surface area contributed by atoms with Crippen LogP contribution in [0.2, 0.25) is 0 Å². The molecule has 0 aromatic carbocycles. The molecule has 0 radical (unpaired) electrons. The van der Waals surface area contributed by atoms with Gasteiger partial charge in [0.2, 0.25) is 5.91 Å². The van der Waals surface area contributed by atoms with Crippen molar-refractivity contribution >= 4 is 5.91 Å². The minimum absolute atomic E-state index is 0.0227. The van der Waals surface area contributed by atoms with Gasteiger partial charge in [0.15, 0.2) is 0 Å². The van der Waals surface area contributed by atoms with Gasteiger partial charge in [0.05, 0.1) is 6.10 Å². The summed E-state index contributed by atoms with van der Waals surface area (Å²) in [6.45, 7) is 4.26. The van der Waals surface area contributed by atoms with Gasteiger partial charge in [-0.15, -0.1) is 0 Å². The molecular weight excluding hydrogens is 228 g/mol. The topological polar surface area (TPSA) is 61.4 Å². The molecule has 0 heterocycles. The molecule has 4 nitrogen and oxygen atoms in total. The Hall–Kier alpha value is -0.610. The van der Waals surface area contributed by atoms with Crippen LogP contribution in [0.15, 0.2) is 0 Å². The summed E-state index contributed by atoms with van der Waals surface area (Å²) in [5.41, 5.74) is -0.0227. The summed E-state index contributed by atoms with van der Waals surface area (Å²) < 4.78 is 0. The van der Waals surface area contributed by atoms with Crippen molar-refractivity contribution in [2.45, 2.75) is 64.0 Å². The van der Waals surface area contributed by atoms with Gasteiger partial charge in [-0.1, -0.05) is 33.1 Å². The number of aliphatic hydroxyl groups is 1. The van der Waals surface area contributed by atoms with E-state index in [0.29, 0.717) is 13.0 Å².